The van der Waals surface area contributed by atoms with Gasteiger partial charge in [-0.2, -0.15) is 0 Å². The number of rotatable bonds is 1. The van der Waals surface area contributed by atoms with E-state index < -0.39 is 11.6 Å². The highest BCUT2D eigenvalue weighted by atomic mass is 19.2. The van der Waals surface area contributed by atoms with Crippen molar-refractivity contribution in [3.63, 3.8) is 0 Å². The van der Waals surface area contributed by atoms with Crippen LogP contribution in [0.1, 0.15) is 23.3 Å². The molecule has 3 heterocycles. The van der Waals surface area contributed by atoms with Crippen molar-refractivity contribution < 1.29 is 8.78 Å². The molecular formula is C13H11F2N5. The topological polar surface area (TPSA) is 69.4 Å². The third-order valence-electron chi connectivity index (χ3n) is 3.62. The molecule has 0 aliphatic carbocycles. The van der Waals surface area contributed by atoms with Gasteiger partial charge in [0.1, 0.15) is 11.3 Å². The lowest BCUT2D eigenvalue weighted by Crippen LogP contribution is -2.29. The standard InChI is InChI=1S/C13H11F2N5/c14-6-1-2-7-12(11(6)15)20-13(19-7)9-3-8-10(4-16-9)18-5-17-8/h1-2,5,9,16H,3-4H2,(H,17,18)(H,19,20). The molecule has 20 heavy (non-hydrogen) atoms. The molecule has 5 nitrogen and oxygen atoms in total. The highest BCUT2D eigenvalue weighted by molar-refractivity contribution is 5.75. The van der Waals surface area contributed by atoms with Crippen molar-refractivity contribution >= 4 is 11.0 Å². The van der Waals surface area contributed by atoms with Crippen molar-refractivity contribution in [2.45, 2.75) is 19.0 Å². The summed E-state index contributed by atoms with van der Waals surface area (Å²) in [6.45, 7) is 0.647. The zero-order valence-electron chi connectivity index (χ0n) is 10.4. The summed E-state index contributed by atoms with van der Waals surface area (Å²) in [6.07, 6.45) is 2.31. The molecule has 0 bridgehead atoms. The fourth-order valence-electron chi connectivity index (χ4n) is 2.56. The number of fused-ring (bicyclic) bond motifs is 2. The number of halogens is 2. The van der Waals surface area contributed by atoms with Gasteiger partial charge in [0.2, 0.25) is 0 Å². The molecule has 0 saturated carbocycles. The van der Waals surface area contributed by atoms with Gasteiger partial charge in [-0.1, -0.05) is 0 Å². The van der Waals surface area contributed by atoms with Crippen LogP contribution in [-0.4, -0.2) is 19.9 Å². The summed E-state index contributed by atoms with van der Waals surface area (Å²) in [6, 6.07) is 2.51. The Balaban J connectivity index is 1.75. The maximum Gasteiger partial charge on any atom is 0.186 e. The van der Waals surface area contributed by atoms with Gasteiger partial charge in [-0.25, -0.2) is 18.7 Å². The van der Waals surface area contributed by atoms with Crippen LogP contribution in [0.15, 0.2) is 18.5 Å². The van der Waals surface area contributed by atoms with Crippen molar-refractivity contribution in [3.8, 4) is 0 Å². The van der Waals surface area contributed by atoms with Crippen molar-refractivity contribution in [1.82, 2.24) is 25.3 Å². The smallest absolute Gasteiger partial charge is 0.186 e. The fraction of sp³-hybridized carbons (Fsp3) is 0.231. The number of H-pyrrole nitrogens is 2. The number of aromatic nitrogens is 4. The number of nitrogens with one attached hydrogen (secondary N) is 3. The van der Waals surface area contributed by atoms with Crippen molar-refractivity contribution in [2.24, 2.45) is 0 Å². The Hall–Kier alpha value is -2.28. The maximum absolute atomic E-state index is 13.7. The Morgan fingerprint density at radius 2 is 2.15 bits per heavy atom. The highest BCUT2D eigenvalue weighted by Crippen LogP contribution is 2.25. The molecule has 0 spiro atoms. The fourth-order valence-corrected chi connectivity index (χ4v) is 2.56. The summed E-state index contributed by atoms with van der Waals surface area (Å²) in [5, 5.41) is 3.29. The Kier molecular flexibility index (Phi) is 2.37. The van der Waals surface area contributed by atoms with Crippen LogP contribution < -0.4 is 5.32 Å². The first kappa shape index (κ1) is 11.5. The Morgan fingerprint density at radius 1 is 1.25 bits per heavy atom. The predicted molar refractivity (Wildman–Crippen MR) is 67.9 cm³/mol. The van der Waals surface area contributed by atoms with E-state index in [-0.39, 0.29) is 11.6 Å². The quantitative estimate of drug-likeness (QED) is 0.636. The molecule has 3 N–H and O–H groups in total. The molecule has 0 radical (unpaired) electrons. The van der Waals surface area contributed by atoms with Gasteiger partial charge in [0.05, 0.1) is 29.3 Å². The van der Waals surface area contributed by atoms with Crippen molar-refractivity contribution in [1.29, 1.82) is 0 Å². The van der Waals surface area contributed by atoms with Crippen LogP contribution in [0.2, 0.25) is 0 Å². The average molecular weight is 275 g/mol. The third kappa shape index (κ3) is 1.63. The normalized spacial score (nSPS) is 18.4. The number of aromatic amines is 2. The Morgan fingerprint density at radius 3 is 3.05 bits per heavy atom. The molecule has 1 aromatic carbocycles. The van der Waals surface area contributed by atoms with Gasteiger partial charge in [0, 0.05) is 13.0 Å². The first-order chi connectivity index (χ1) is 9.72. The molecule has 2 aromatic heterocycles. The molecule has 0 amide bonds. The van der Waals surface area contributed by atoms with Crippen LogP contribution in [0.25, 0.3) is 11.0 Å². The van der Waals surface area contributed by atoms with Gasteiger partial charge in [-0.05, 0) is 12.1 Å². The Labute approximate surface area is 112 Å². The monoisotopic (exact) mass is 275 g/mol. The van der Waals surface area contributed by atoms with Crippen LogP contribution in [0.3, 0.4) is 0 Å². The summed E-state index contributed by atoms with van der Waals surface area (Å²) in [4.78, 5) is 14.5. The van der Waals surface area contributed by atoms with Crippen LogP contribution in [0.5, 0.6) is 0 Å². The summed E-state index contributed by atoms with van der Waals surface area (Å²) in [5.41, 5.74) is 2.55. The highest BCUT2D eigenvalue weighted by Gasteiger charge is 2.24. The van der Waals surface area contributed by atoms with E-state index >= 15 is 0 Å². The van der Waals surface area contributed by atoms with E-state index in [0.717, 1.165) is 17.5 Å². The minimum Gasteiger partial charge on any atom is -0.347 e. The van der Waals surface area contributed by atoms with Crippen LogP contribution in [0, 0.1) is 11.6 Å². The number of benzene rings is 1. The molecule has 3 aromatic rings. The molecule has 1 unspecified atom stereocenters. The molecular weight excluding hydrogens is 264 g/mol. The van der Waals surface area contributed by atoms with Gasteiger partial charge in [0.25, 0.3) is 0 Å². The maximum atomic E-state index is 13.7. The van der Waals surface area contributed by atoms with Gasteiger partial charge < -0.3 is 15.3 Å². The lowest BCUT2D eigenvalue weighted by molar-refractivity contribution is 0.471. The van der Waals surface area contributed by atoms with E-state index in [0.29, 0.717) is 24.3 Å². The third-order valence-corrected chi connectivity index (χ3v) is 3.62. The van der Waals surface area contributed by atoms with Crippen LogP contribution >= 0.6 is 0 Å². The van der Waals surface area contributed by atoms with Gasteiger partial charge in [-0.3, -0.25) is 0 Å². The average Bonchev–Trinajstić information content (AvgIpc) is 3.08. The predicted octanol–water partition coefficient (Wildman–Crippen LogP) is 1.95. The number of hydrogen-bond donors (Lipinski definition) is 3. The second-order valence-corrected chi connectivity index (χ2v) is 4.84. The molecule has 0 fully saturated rings. The zero-order chi connectivity index (χ0) is 13.7. The van der Waals surface area contributed by atoms with E-state index in [4.69, 9.17) is 0 Å². The minimum absolute atomic E-state index is 0.0367. The molecule has 4 rings (SSSR count). The second-order valence-electron chi connectivity index (χ2n) is 4.84. The molecule has 1 atom stereocenters. The van der Waals surface area contributed by atoms with Crippen molar-refractivity contribution in [3.05, 3.63) is 47.3 Å². The van der Waals surface area contributed by atoms with Gasteiger partial charge in [0.15, 0.2) is 11.6 Å². The second kappa shape index (κ2) is 4.11. The van der Waals surface area contributed by atoms with E-state index in [1.165, 1.54) is 6.07 Å². The summed E-state index contributed by atoms with van der Waals surface area (Å²) < 4.78 is 26.9. The van der Waals surface area contributed by atoms with Crippen molar-refractivity contribution in [2.75, 3.05) is 0 Å². The van der Waals surface area contributed by atoms with Gasteiger partial charge in [-0.15, -0.1) is 0 Å². The molecule has 102 valence electrons. The van der Waals surface area contributed by atoms with Gasteiger partial charge >= 0.3 is 0 Å². The van der Waals surface area contributed by atoms with E-state index in [2.05, 4.69) is 25.3 Å². The summed E-state index contributed by atoms with van der Waals surface area (Å²) >= 11 is 0. The van der Waals surface area contributed by atoms with E-state index in [1.54, 1.807) is 6.33 Å². The molecule has 1 aliphatic rings. The largest absolute Gasteiger partial charge is 0.347 e. The lowest BCUT2D eigenvalue weighted by atomic mass is 10.1. The minimum atomic E-state index is -0.915. The number of nitrogens with zero attached hydrogens (tertiary/aromatic N) is 2. The summed E-state index contributed by atoms with van der Waals surface area (Å²) in [5.74, 6) is -1.21. The number of imidazole rings is 2. The van der Waals surface area contributed by atoms with Crippen LogP contribution in [0.4, 0.5) is 8.78 Å². The number of hydrogen-bond acceptors (Lipinski definition) is 3. The zero-order valence-corrected chi connectivity index (χ0v) is 10.4. The first-order valence-electron chi connectivity index (χ1n) is 6.30. The SMILES string of the molecule is Fc1ccc2[nH]c(C3Cc4nc[nH]c4CN3)nc2c1F. The molecule has 0 saturated heterocycles. The van der Waals surface area contributed by atoms with Crippen LogP contribution in [-0.2, 0) is 13.0 Å². The molecule has 1 aliphatic heterocycles. The van der Waals surface area contributed by atoms with E-state index in [1.807, 2.05) is 0 Å². The first-order valence-corrected chi connectivity index (χ1v) is 6.30. The lowest BCUT2D eigenvalue weighted by Gasteiger charge is -2.20. The van der Waals surface area contributed by atoms with E-state index in [9.17, 15) is 8.78 Å². The molecule has 7 heteroatoms. The summed E-state index contributed by atoms with van der Waals surface area (Å²) in [7, 11) is 0. The Bertz CT molecular complexity index is 791.